The quantitative estimate of drug-likeness (QED) is 0.711. The summed E-state index contributed by atoms with van der Waals surface area (Å²) < 4.78 is 5.50. The van der Waals surface area contributed by atoms with E-state index in [1.54, 1.807) is 24.1 Å². The number of amides is 1. The molecule has 2 aromatic carbocycles. The molecule has 1 amide bonds. The molecule has 128 valence electrons. The van der Waals surface area contributed by atoms with Crippen molar-refractivity contribution in [3.8, 4) is 5.75 Å². The number of thioether (sulfide) groups is 1. The summed E-state index contributed by atoms with van der Waals surface area (Å²) in [5, 5.41) is 1.29. The molecule has 0 radical (unpaired) electrons. The number of halogens is 1. The first-order valence-electron chi connectivity index (χ1n) is 7.81. The topological polar surface area (TPSA) is 41.9 Å². The van der Waals surface area contributed by atoms with E-state index in [9.17, 15) is 4.79 Å². The van der Waals surface area contributed by atoms with Crippen molar-refractivity contribution in [2.24, 2.45) is 4.99 Å². The van der Waals surface area contributed by atoms with Crippen molar-refractivity contribution in [3.05, 3.63) is 64.0 Å². The van der Waals surface area contributed by atoms with Crippen LogP contribution in [0.15, 0.2) is 58.4 Å². The number of rotatable bonds is 4. The van der Waals surface area contributed by atoms with Gasteiger partial charge in [-0.05, 0) is 66.7 Å². The number of likely N-dealkylation sites (N-methyl/N-ethyl adjacent to an activating group) is 1. The second-order valence-electron chi connectivity index (χ2n) is 5.35. The van der Waals surface area contributed by atoms with Crippen LogP contribution in [0.2, 0.25) is 5.02 Å². The fraction of sp³-hybridized carbons (Fsp3) is 0.158. The lowest BCUT2D eigenvalue weighted by atomic mass is 10.2. The number of benzene rings is 2. The SMILES string of the molecule is CCOc1cccc(/C=C2/SC(=Nc3ccc(Cl)cc3)N(C)C2=O)c1. The Morgan fingerprint density at radius 2 is 2.00 bits per heavy atom. The van der Waals surface area contributed by atoms with Gasteiger partial charge in [0.05, 0.1) is 17.2 Å². The smallest absolute Gasteiger partial charge is 0.266 e. The molecule has 0 aliphatic carbocycles. The van der Waals surface area contributed by atoms with Gasteiger partial charge < -0.3 is 4.74 Å². The van der Waals surface area contributed by atoms with Crippen molar-refractivity contribution >= 4 is 46.2 Å². The van der Waals surface area contributed by atoms with E-state index in [0.717, 1.165) is 17.0 Å². The Balaban J connectivity index is 1.85. The minimum Gasteiger partial charge on any atom is -0.494 e. The van der Waals surface area contributed by atoms with E-state index in [1.165, 1.54) is 11.8 Å². The predicted molar refractivity (Wildman–Crippen MR) is 104 cm³/mol. The average molecular weight is 373 g/mol. The molecule has 2 aromatic rings. The van der Waals surface area contributed by atoms with Crippen LogP contribution in [-0.4, -0.2) is 29.6 Å². The van der Waals surface area contributed by atoms with Crippen LogP contribution in [0.5, 0.6) is 5.75 Å². The Kier molecular flexibility index (Phi) is 5.46. The second kappa shape index (κ2) is 7.76. The Bertz CT molecular complexity index is 847. The number of hydrogen-bond acceptors (Lipinski definition) is 4. The third kappa shape index (κ3) is 4.24. The normalized spacial score (nSPS) is 17.6. The van der Waals surface area contributed by atoms with Crippen LogP contribution in [0.4, 0.5) is 5.69 Å². The lowest BCUT2D eigenvalue weighted by Crippen LogP contribution is -2.23. The highest BCUT2D eigenvalue weighted by Gasteiger charge is 2.30. The van der Waals surface area contributed by atoms with Crippen molar-refractivity contribution in [2.75, 3.05) is 13.7 Å². The number of carbonyl (C=O) groups excluding carboxylic acids is 1. The molecule has 4 nitrogen and oxygen atoms in total. The molecular formula is C19H17ClN2O2S. The molecule has 25 heavy (non-hydrogen) atoms. The van der Waals surface area contributed by atoms with E-state index in [1.807, 2.05) is 49.4 Å². The summed E-state index contributed by atoms with van der Waals surface area (Å²) in [7, 11) is 1.72. The monoisotopic (exact) mass is 372 g/mol. The molecule has 0 unspecified atom stereocenters. The van der Waals surface area contributed by atoms with E-state index >= 15 is 0 Å². The summed E-state index contributed by atoms with van der Waals surface area (Å²) in [5.74, 6) is 0.718. The summed E-state index contributed by atoms with van der Waals surface area (Å²) >= 11 is 7.24. The van der Waals surface area contributed by atoms with Gasteiger partial charge in [0.2, 0.25) is 0 Å². The Morgan fingerprint density at radius 3 is 2.72 bits per heavy atom. The molecule has 0 bridgehead atoms. The number of aliphatic imine (C=N–C) groups is 1. The highest BCUT2D eigenvalue weighted by Crippen LogP contribution is 2.33. The second-order valence-corrected chi connectivity index (χ2v) is 6.80. The van der Waals surface area contributed by atoms with Gasteiger partial charge in [0.1, 0.15) is 5.75 Å². The fourth-order valence-electron chi connectivity index (χ4n) is 2.29. The first kappa shape index (κ1) is 17.6. The first-order chi connectivity index (χ1) is 12.1. The molecule has 1 aliphatic rings. The van der Waals surface area contributed by atoms with Crippen LogP contribution in [0.1, 0.15) is 12.5 Å². The number of nitrogens with zero attached hydrogens (tertiary/aromatic N) is 2. The van der Waals surface area contributed by atoms with Gasteiger partial charge in [0, 0.05) is 12.1 Å². The van der Waals surface area contributed by atoms with Gasteiger partial charge in [-0.25, -0.2) is 4.99 Å². The minimum atomic E-state index is -0.0699. The fourth-order valence-corrected chi connectivity index (χ4v) is 3.40. The van der Waals surface area contributed by atoms with Crippen LogP contribution in [0, 0.1) is 0 Å². The van der Waals surface area contributed by atoms with Gasteiger partial charge in [-0.15, -0.1) is 0 Å². The van der Waals surface area contributed by atoms with Crippen molar-refractivity contribution in [1.29, 1.82) is 0 Å². The third-order valence-corrected chi connectivity index (χ3v) is 4.83. The van der Waals surface area contributed by atoms with Crippen molar-refractivity contribution in [3.63, 3.8) is 0 Å². The minimum absolute atomic E-state index is 0.0699. The Hall–Kier alpha value is -2.24. The van der Waals surface area contributed by atoms with Crippen molar-refractivity contribution in [2.45, 2.75) is 6.92 Å². The van der Waals surface area contributed by atoms with Crippen molar-refractivity contribution < 1.29 is 9.53 Å². The van der Waals surface area contributed by atoms with Crippen LogP contribution in [0.25, 0.3) is 6.08 Å². The van der Waals surface area contributed by atoms with Crippen LogP contribution in [-0.2, 0) is 4.79 Å². The van der Waals surface area contributed by atoms with E-state index < -0.39 is 0 Å². The molecule has 6 heteroatoms. The molecule has 1 fully saturated rings. The maximum Gasteiger partial charge on any atom is 0.266 e. The zero-order chi connectivity index (χ0) is 17.8. The number of hydrogen-bond donors (Lipinski definition) is 0. The van der Waals surface area contributed by atoms with Gasteiger partial charge in [0.25, 0.3) is 5.91 Å². The maximum absolute atomic E-state index is 12.5. The maximum atomic E-state index is 12.5. The summed E-state index contributed by atoms with van der Waals surface area (Å²) in [4.78, 5) is 19.2. The van der Waals surface area contributed by atoms with Gasteiger partial charge in [-0.2, -0.15) is 0 Å². The Labute approximate surface area is 156 Å². The van der Waals surface area contributed by atoms with E-state index in [4.69, 9.17) is 16.3 Å². The summed E-state index contributed by atoms with van der Waals surface area (Å²) in [6.07, 6.45) is 1.86. The predicted octanol–water partition coefficient (Wildman–Crippen LogP) is 4.97. The van der Waals surface area contributed by atoms with Gasteiger partial charge in [0.15, 0.2) is 5.17 Å². The van der Waals surface area contributed by atoms with Crippen LogP contribution < -0.4 is 4.74 Å². The largest absolute Gasteiger partial charge is 0.494 e. The number of carbonyl (C=O) groups is 1. The number of ether oxygens (including phenoxy) is 1. The van der Waals surface area contributed by atoms with Crippen LogP contribution >= 0.6 is 23.4 Å². The summed E-state index contributed by atoms with van der Waals surface area (Å²) in [6, 6.07) is 14.9. The molecule has 3 rings (SSSR count). The van der Waals surface area contributed by atoms with Crippen LogP contribution in [0.3, 0.4) is 0 Å². The summed E-state index contributed by atoms with van der Waals surface area (Å²) in [6.45, 7) is 2.55. The summed E-state index contributed by atoms with van der Waals surface area (Å²) in [5.41, 5.74) is 1.68. The number of amidine groups is 1. The zero-order valence-corrected chi connectivity index (χ0v) is 15.5. The molecule has 1 saturated heterocycles. The molecular weight excluding hydrogens is 356 g/mol. The van der Waals surface area contributed by atoms with Gasteiger partial charge in [-0.3, -0.25) is 9.69 Å². The zero-order valence-electron chi connectivity index (χ0n) is 13.9. The third-order valence-electron chi connectivity index (χ3n) is 3.52. The highest BCUT2D eigenvalue weighted by molar-refractivity contribution is 8.18. The molecule has 0 atom stereocenters. The van der Waals surface area contributed by atoms with E-state index in [0.29, 0.717) is 21.7 Å². The molecule has 0 aromatic heterocycles. The molecule has 0 spiro atoms. The Morgan fingerprint density at radius 1 is 1.24 bits per heavy atom. The lowest BCUT2D eigenvalue weighted by Gasteiger charge is -2.07. The van der Waals surface area contributed by atoms with E-state index in [2.05, 4.69) is 4.99 Å². The molecule has 1 heterocycles. The highest BCUT2D eigenvalue weighted by atomic mass is 35.5. The van der Waals surface area contributed by atoms with Gasteiger partial charge in [-0.1, -0.05) is 23.7 Å². The lowest BCUT2D eigenvalue weighted by molar-refractivity contribution is -0.121. The van der Waals surface area contributed by atoms with Gasteiger partial charge >= 0.3 is 0 Å². The molecule has 0 N–H and O–H groups in total. The van der Waals surface area contributed by atoms with Crippen molar-refractivity contribution in [1.82, 2.24) is 4.90 Å². The standard InChI is InChI=1S/C19H17ClN2O2S/c1-3-24-16-6-4-5-13(11-16)12-17-18(23)22(2)19(25-17)21-15-9-7-14(20)8-10-15/h4-12H,3H2,1-2H3/b17-12+,21-19?. The van der Waals surface area contributed by atoms with E-state index in [-0.39, 0.29) is 5.91 Å². The average Bonchev–Trinajstić information content (AvgIpc) is 2.86. The molecule has 1 aliphatic heterocycles. The molecule has 0 saturated carbocycles. The first-order valence-corrected chi connectivity index (χ1v) is 9.01.